The number of nitrogen functional groups attached to an aromatic ring is 1. The molecule has 0 atom stereocenters. The molecule has 0 aromatic heterocycles. The van der Waals surface area contributed by atoms with Gasteiger partial charge in [0.15, 0.2) is 5.05 Å². The van der Waals surface area contributed by atoms with Gasteiger partial charge in [0.25, 0.3) is 0 Å². The van der Waals surface area contributed by atoms with Gasteiger partial charge in [0.1, 0.15) is 5.84 Å². The lowest BCUT2D eigenvalue weighted by atomic mass is 10.2. The van der Waals surface area contributed by atoms with Crippen LogP contribution in [0.2, 0.25) is 0 Å². The number of benzene rings is 2. The smallest absolute Gasteiger partial charge is 0.190 e. The number of methoxy groups -OCH3 is 1. The van der Waals surface area contributed by atoms with Gasteiger partial charge in [-0.25, -0.2) is 0 Å². The van der Waals surface area contributed by atoms with E-state index in [1.54, 1.807) is 7.11 Å². The van der Waals surface area contributed by atoms with Gasteiger partial charge >= 0.3 is 0 Å². The summed E-state index contributed by atoms with van der Waals surface area (Å²) in [4.78, 5) is 0. The molecule has 98 valence electrons. The van der Waals surface area contributed by atoms with Gasteiger partial charge < -0.3 is 10.5 Å². The summed E-state index contributed by atoms with van der Waals surface area (Å²) in [6, 6.07) is 18.9. The fourth-order valence-corrected chi connectivity index (χ4v) is 1.45. The van der Waals surface area contributed by atoms with Crippen LogP contribution in [0.1, 0.15) is 11.1 Å². The molecule has 0 fully saturated rings. The molecular weight excluding hydrogens is 256 g/mol. The number of nitrogens with two attached hydrogens (primary N) is 1. The van der Waals surface area contributed by atoms with Crippen LogP contribution in [0, 0.1) is 5.41 Å². The Morgan fingerprint density at radius 3 is 1.68 bits per heavy atom. The van der Waals surface area contributed by atoms with E-state index in [-0.39, 0.29) is 5.84 Å². The molecule has 2 aromatic rings. The van der Waals surface area contributed by atoms with Crippen LogP contribution in [0.3, 0.4) is 0 Å². The SMILES string of the molecule is COC(=S)c1ccccc1.N=C(N)c1ccccc1. The standard InChI is InChI=1S/C8H8OS.C7H8N2/c1-9-8(10)7-5-3-2-4-6-7;8-7(9)6-4-2-1-3-5-6/h2-6H,1H3;1-5H,(H3,8,9). The van der Waals surface area contributed by atoms with Crippen molar-refractivity contribution in [2.45, 2.75) is 0 Å². The summed E-state index contributed by atoms with van der Waals surface area (Å²) in [7, 11) is 1.58. The number of amidine groups is 1. The van der Waals surface area contributed by atoms with Crippen molar-refractivity contribution in [3.63, 3.8) is 0 Å². The first-order valence-corrected chi connectivity index (χ1v) is 6.08. The average molecular weight is 272 g/mol. The molecule has 0 bridgehead atoms. The molecule has 0 aliphatic carbocycles. The van der Waals surface area contributed by atoms with Gasteiger partial charge in [-0.3, -0.25) is 5.41 Å². The number of hydrogen-bond acceptors (Lipinski definition) is 3. The van der Waals surface area contributed by atoms with E-state index in [9.17, 15) is 0 Å². The molecule has 0 spiro atoms. The zero-order valence-corrected chi connectivity index (χ0v) is 11.5. The molecule has 0 heterocycles. The van der Waals surface area contributed by atoms with E-state index in [1.807, 2.05) is 60.7 Å². The molecule has 0 aliphatic heterocycles. The highest BCUT2D eigenvalue weighted by Crippen LogP contribution is 2.00. The molecule has 2 aromatic carbocycles. The Morgan fingerprint density at radius 2 is 1.37 bits per heavy atom. The van der Waals surface area contributed by atoms with Crippen LogP contribution < -0.4 is 5.73 Å². The van der Waals surface area contributed by atoms with Gasteiger partial charge in [0.2, 0.25) is 0 Å². The monoisotopic (exact) mass is 272 g/mol. The molecule has 0 unspecified atom stereocenters. The second kappa shape index (κ2) is 8.00. The Hall–Kier alpha value is -2.20. The fourth-order valence-electron chi connectivity index (χ4n) is 1.31. The van der Waals surface area contributed by atoms with Crippen LogP contribution in [0.5, 0.6) is 0 Å². The van der Waals surface area contributed by atoms with E-state index in [1.165, 1.54) is 0 Å². The first-order chi connectivity index (χ1) is 9.15. The van der Waals surface area contributed by atoms with Crippen molar-refractivity contribution in [3.05, 3.63) is 71.8 Å². The number of thiocarbonyl (C=S) groups is 1. The van der Waals surface area contributed by atoms with Crippen molar-refractivity contribution in [2.75, 3.05) is 7.11 Å². The van der Waals surface area contributed by atoms with Crippen molar-refractivity contribution in [3.8, 4) is 0 Å². The molecule has 3 nitrogen and oxygen atoms in total. The van der Waals surface area contributed by atoms with Crippen LogP contribution in [0.25, 0.3) is 0 Å². The summed E-state index contributed by atoms with van der Waals surface area (Å²) < 4.78 is 4.87. The Labute approximate surface area is 118 Å². The van der Waals surface area contributed by atoms with Gasteiger partial charge in [-0.1, -0.05) is 60.7 Å². The molecule has 4 heteroatoms. The molecule has 2 rings (SSSR count). The summed E-state index contributed by atoms with van der Waals surface area (Å²) in [5.41, 5.74) is 6.93. The van der Waals surface area contributed by atoms with E-state index in [4.69, 9.17) is 28.1 Å². The Bertz CT molecular complexity index is 526. The van der Waals surface area contributed by atoms with Gasteiger partial charge in [-0.05, 0) is 12.2 Å². The van der Waals surface area contributed by atoms with Crippen molar-refractivity contribution in [2.24, 2.45) is 5.73 Å². The molecule has 0 saturated carbocycles. The molecule has 3 N–H and O–H groups in total. The average Bonchev–Trinajstić information content (AvgIpc) is 2.49. The molecular formula is C15H16N2OS. The van der Waals surface area contributed by atoms with E-state index in [0.29, 0.717) is 5.05 Å². The highest BCUT2D eigenvalue weighted by Gasteiger charge is 1.95. The number of rotatable bonds is 2. The summed E-state index contributed by atoms with van der Waals surface area (Å²) >= 11 is 4.90. The van der Waals surface area contributed by atoms with Crippen LogP contribution in [0.15, 0.2) is 60.7 Å². The second-order valence-corrected chi connectivity index (χ2v) is 4.01. The quantitative estimate of drug-likeness (QED) is 0.502. The van der Waals surface area contributed by atoms with Crippen LogP contribution >= 0.6 is 12.2 Å². The molecule has 0 radical (unpaired) electrons. The summed E-state index contributed by atoms with van der Waals surface area (Å²) in [6.45, 7) is 0. The molecule has 19 heavy (non-hydrogen) atoms. The Balaban J connectivity index is 0.000000191. The van der Waals surface area contributed by atoms with Crippen LogP contribution in [-0.2, 0) is 4.74 Å². The highest BCUT2D eigenvalue weighted by atomic mass is 32.1. The Morgan fingerprint density at radius 1 is 0.947 bits per heavy atom. The van der Waals surface area contributed by atoms with Gasteiger partial charge in [-0.15, -0.1) is 0 Å². The lowest BCUT2D eigenvalue weighted by Gasteiger charge is -1.99. The third-order valence-electron chi connectivity index (χ3n) is 2.28. The van der Waals surface area contributed by atoms with Gasteiger partial charge in [0, 0.05) is 11.1 Å². The maximum absolute atomic E-state index is 7.01. The fraction of sp³-hybridized carbons (Fsp3) is 0.0667. The van der Waals surface area contributed by atoms with E-state index in [2.05, 4.69) is 0 Å². The Kier molecular flexibility index (Phi) is 6.26. The third-order valence-corrected chi connectivity index (χ3v) is 2.68. The summed E-state index contributed by atoms with van der Waals surface area (Å²) in [6.07, 6.45) is 0. The van der Waals surface area contributed by atoms with Crippen LogP contribution in [-0.4, -0.2) is 18.0 Å². The molecule has 0 saturated heterocycles. The third kappa shape index (κ3) is 5.31. The minimum Gasteiger partial charge on any atom is -0.486 e. The van der Waals surface area contributed by atoms with Crippen molar-refractivity contribution >= 4 is 23.1 Å². The normalized spacial score (nSPS) is 8.89. The predicted molar refractivity (Wildman–Crippen MR) is 82.6 cm³/mol. The van der Waals surface area contributed by atoms with Crippen LogP contribution in [0.4, 0.5) is 0 Å². The number of nitrogens with one attached hydrogen (secondary N) is 1. The summed E-state index contributed by atoms with van der Waals surface area (Å²) in [5, 5.41) is 7.56. The molecule has 0 aliphatic rings. The highest BCUT2D eigenvalue weighted by molar-refractivity contribution is 7.80. The van der Waals surface area contributed by atoms with Crippen molar-refractivity contribution in [1.82, 2.24) is 0 Å². The molecule has 0 amide bonds. The van der Waals surface area contributed by atoms with E-state index >= 15 is 0 Å². The zero-order chi connectivity index (χ0) is 14.1. The maximum atomic E-state index is 7.01. The number of ether oxygens (including phenoxy) is 1. The second-order valence-electron chi connectivity index (χ2n) is 3.64. The zero-order valence-electron chi connectivity index (χ0n) is 10.7. The largest absolute Gasteiger partial charge is 0.486 e. The lowest BCUT2D eigenvalue weighted by Crippen LogP contribution is -2.10. The van der Waals surface area contributed by atoms with Gasteiger partial charge in [0.05, 0.1) is 7.11 Å². The number of hydrogen-bond donors (Lipinski definition) is 2. The first kappa shape index (κ1) is 14.9. The van der Waals surface area contributed by atoms with Crippen molar-refractivity contribution in [1.29, 1.82) is 5.41 Å². The first-order valence-electron chi connectivity index (χ1n) is 5.68. The predicted octanol–water partition coefficient (Wildman–Crippen LogP) is 2.98. The minimum absolute atomic E-state index is 0.121. The van der Waals surface area contributed by atoms with E-state index < -0.39 is 0 Å². The lowest BCUT2D eigenvalue weighted by molar-refractivity contribution is 0.416. The maximum Gasteiger partial charge on any atom is 0.190 e. The van der Waals surface area contributed by atoms with Gasteiger partial charge in [-0.2, -0.15) is 0 Å². The van der Waals surface area contributed by atoms with E-state index in [0.717, 1.165) is 11.1 Å². The minimum atomic E-state index is 0.121. The summed E-state index contributed by atoms with van der Waals surface area (Å²) in [5.74, 6) is 0.121. The van der Waals surface area contributed by atoms with Crippen molar-refractivity contribution < 1.29 is 4.74 Å². The topological polar surface area (TPSA) is 59.1 Å².